The van der Waals surface area contributed by atoms with E-state index in [1.165, 1.54) is 5.56 Å². The maximum absolute atomic E-state index is 12.7. The van der Waals surface area contributed by atoms with Gasteiger partial charge in [0.25, 0.3) is 0 Å². The lowest BCUT2D eigenvalue weighted by molar-refractivity contribution is -0.129. The van der Waals surface area contributed by atoms with Crippen molar-refractivity contribution in [3.63, 3.8) is 0 Å². The molecule has 0 N–H and O–H groups in total. The van der Waals surface area contributed by atoms with Gasteiger partial charge in [-0.3, -0.25) is 14.5 Å². The lowest BCUT2D eigenvalue weighted by Crippen LogP contribution is -2.30. The number of carbonyl (C=O) groups excluding carboxylic acids is 1. The molecule has 6 heteroatoms. The molecule has 2 aromatic heterocycles. The number of aromatic nitrogens is 3. The highest BCUT2D eigenvalue weighted by molar-refractivity contribution is 5.79. The zero-order valence-electron chi connectivity index (χ0n) is 15.2. The smallest absolute Gasteiger partial charge is 0.227 e. The Hall–Kier alpha value is -2.21. The average molecular weight is 342 g/mol. The molecule has 6 nitrogen and oxygen atoms in total. The Labute approximate surface area is 148 Å². The van der Waals surface area contributed by atoms with Gasteiger partial charge >= 0.3 is 0 Å². The quantitative estimate of drug-likeness (QED) is 0.805. The molecule has 2 atom stereocenters. The third kappa shape index (κ3) is 4.25. The van der Waals surface area contributed by atoms with Gasteiger partial charge in [0, 0.05) is 56.7 Å². The SMILES string of the molecule is CCOC[C@@H]1CN(C(=O)Cc2ccc(C)nc2)C[C@H]1c1cnn(C)c1. The predicted octanol–water partition coefficient (Wildman–Crippen LogP) is 1.94. The molecule has 0 aliphatic carbocycles. The van der Waals surface area contributed by atoms with Gasteiger partial charge in [0.15, 0.2) is 0 Å². The Kier molecular flexibility index (Phi) is 5.48. The fourth-order valence-corrected chi connectivity index (χ4v) is 3.41. The molecule has 0 bridgehead atoms. The number of aryl methyl sites for hydroxylation is 2. The molecular formula is C19H26N4O2. The molecule has 0 unspecified atom stereocenters. The maximum atomic E-state index is 12.7. The van der Waals surface area contributed by atoms with E-state index in [-0.39, 0.29) is 11.8 Å². The third-order valence-corrected chi connectivity index (χ3v) is 4.81. The minimum atomic E-state index is 0.151. The Balaban J connectivity index is 1.69. The number of amides is 1. The summed E-state index contributed by atoms with van der Waals surface area (Å²) in [6.45, 7) is 6.77. The van der Waals surface area contributed by atoms with Crippen LogP contribution in [0.1, 0.15) is 29.7 Å². The summed E-state index contributed by atoms with van der Waals surface area (Å²) >= 11 is 0. The molecule has 3 rings (SSSR count). The summed E-state index contributed by atoms with van der Waals surface area (Å²) in [5.41, 5.74) is 3.10. The second-order valence-electron chi connectivity index (χ2n) is 6.76. The predicted molar refractivity (Wildman–Crippen MR) is 95.2 cm³/mol. The van der Waals surface area contributed by atoms with E-state index in [4.69, 9.17) is 4.74 Å². The molecule has 1 aliphatic rings. The molecule has 0 saturated carbocycles. The van der Waals surface area contributed by atoms with Crippen molar-refractivity contribution in [2.75, 3.05) is 26.3 Å². The summed E-state index contributed by atoms with van der Waals surface area (Å²) in [6.07, 6.45) is 6.14. The van der Waals surface area contributed by atoms with Crippen LogP contribution in [-0.2, 0) is 23.0 Å². The second-order valence-corrected chi connectivity index (χ2v) is 6.76. The van der Waals surface area contributed by atoms with Crippen LogP contribution in [-0.4, -0.2) is 51.9 Å². The first-order valence-corrected chi connectivity index (χ1v) is 8.82. The largest absolute Gasteiger partial charge is 0.381 e. The first-order valence-electron chi connectivity index (χ1n) is 8.82. The van der Waals surface area contributed by atoms with Crippen LogP contribution in [0, 0.1) is 12.8 Å². The molecule has 0 aromatic carbocycles. The van der Waals surface area contributed by atoms with E-state index in [0.717, 1.165) is 24.3 Å². The van der Waals surface area contributed by atoms with Crippen molar-refractivity contribution in [2.24, 2.45) is 13.0 Å². The van der Waals surface area contributed by atoms with Gasteiger partial charge in [0.2, 0.25) is 5.91 Å². The highest BCUT2D eigenvalue weighted by Crippen LogP contribution is 2.33. The summed E-state index contributed by atoms with van der Waals surface area (Å²) in [7, 11) is 1.92. The molecule has 1 amide bonds. The van der Waals surface area contributed by atoms with Crippen LogP contribution in [0.25, 0.3) is 0 Å². The number of likely N-dealkylation sites (tertiary alicyclic amines) is 1. The Bertz CT molecular complexity index is 710. The molecule has 25 heavy (non-hydrogen) atoms. The number of rotatable bonds is 6. The number of hydrogen-bond donors (Lipinski definition) is 0. The monoisotopic (exact) mass is 342 g/mol. The number of carbonyl (C=O) groups is 1. The molecule has 1 saturated heterocycles. The minimum Gasteiger partial charge on any atom is -0.381 e. The van der Waals surface area contributed by atoms with Gasteiger partial charge in [-0.15, -0.1) is 0 Å². The van der Waals surface area contributed by atoms with Crippen LogP contribution < -0.4 is 0 Å². The summed E-state index contributed by atoms with van der Waals surface area (Å²) in [5, 5.41) is 4.29. The first-order chi connectivity index (χ1) is 12.1. The Morgan fingerprint density at radius 3 is 2.80 bits per heavy atom. The van der Waals surface area contributed by atoms with E-state index in [1.807, 2.05) is 55.0 Å². The molecule has 134 valence electrons. The van der Waals surface area contributed by atoms with Gasteiger partial charge in [0.1, 0.15) is 0 Å². The second kappa shape index (κ2) is 7.78. The van der Waals surface area contributed by atoms with Crippen molar-refractivity contribution in [1.82, 2.24) is 19.7 Å². The average Bonchev–Trinajstić information content (AvgIpc) is 3.21. The Morgan fingerprint density at radius 1 is 1.32 bits per heavy atom. The van der Waals surface area contributed by atoms with Gasteiger partial charge in [-0.1, -0.05) is 6.07 Å². The molecular weight excluding hydrogens is 316 g/mol. The number of nitrogens with zero attached hydrogens (tertiary/aromatic N) is 4. The van der Waals surface area contributed by atoms with Crippen molar-refractivity contribution in [2.45, 2.75) is 26.2 Å². The van der Waals surface area contributed by atoms with Gasteiger partial charge < -0.3 is 9.64 Å². The van der Waals surface area contributed by atoms with Crippen molar-refractivity contribution in [1.29, 1.82) is 0 Å². The van der Waals surface area contributed by atoms with Crippen molar-refractivity contribution in [3.05, 3.63) is 47.5 Å². The zero-order chi connectivity index (χ0) is 17.8. The standard InChI is InChI=1S/C19H26N4O2/c1-4-25-13-17-11-23(12-18(17)16-9-21-22(3)10-16)19(24)7-15-6-5-14(2)20-8-15/h5-6,8-10,17-18H,4,7,11-13H2,1-3H3/t17-,18-/m0/s1. The van der Waals surface area contributed by atoms with Crippen LogP contribution >= 0.6 is 0 Å². The van der Waals surface area contributed by atoms with Gasteiger partial charge in [-0.25, -0.2) is 0 Å². The van der Waals surface area contributed by atoms with Crippen LogP contribution in [0.15, 0.2) is 30.7 Å². The highest BCUT2D eigenvalue weighted by Gasteiger charge is 2.36. The van der Waals surface area contributed by atoms with E-state index >= 15 is 0 Å². The van der Waals surface area contributed by atoms with Crippen LogP contribution in [0.2, 0.25) is 0 Å². The van der Waals surface area contributed by atoms with E-state index in [1.54, 1.807) is 6.20 Å². The van der Waals surface area contributed by atoms with E-state index in [0.29, 0.717) is 25.6 Å². The van der Waals surface area contributed by atoms with Crippen molar-refractivity contribution >= 4 is 5.91 Å². The fourth-order valence-electron chi connectivity index (χ4n) is 3.41. The number of pyridine rings is 1. The fraction of sp³-hybridized carbons (Fsp3) is 0.526. The summed E-state index contributed by atoms with van der Waals surface area (Å²) < 4.78 is 7.48. The van der Waals surface area contributed by atoms with E-state index in [2.05, 4.69) is 10.1 Å². The number of hydrogen-bond acceptors (Lipinski definition) is 4. The summed E-state index contributed by atoms with van der Waals surface area (Å²) in [5.74, 6) is 0.739. The van der Waals surface area contributed by atoms with E-state index < -0.39 is 0 Å². The van der Waals surface area contributed by atoms with E-state index in [9.17, 15) is 4.79 Å². The van der Waals surface area contributed by atoms with Crippen molar-refractivity contribution < 1.29 is 9.53 Å². The third-order valence-electron chi connectivity index (χ3n) is 4.81. The molecule has 0 spiro atoms. The summed E-state index contributed by atoms with van der Waals surface area (Å²) in [6, 6.07) is 3.93. The van der Waals surface area contributed by atoms with Crippen molar-refractivity contribution in [3.8, 4) is 0 Å². The van der Waals surface area contributed by atoms with Crippen LogP contribution in [0.5, 0.6) is 0 Å². The topological polar surface area (TPSA) is 60.2 Å². The van der Waals surface area contributed by atoms with Crippen LogP contribution in [0.4, 0.5) is 0 Å². The lowest BCUT2D eigenvalue weighted by atomic mass is 9.92. The van der Waals surface area contributed by atoms with Gasteiger partial charge in [-0.2, -0.15) is 5.10 Å². The lowest BCUT2D eigenvalue weighted by Gasteiger charge is -2.16. The molecule has 2 aromatic rings. The minimum absolute atomic E-state index is 0.151. The summed E-state index contributed by atoms with van der Waals surface area (Å²) in [4.78, 5) is 19.0. The maximum Gasteiger partial charge on any atom is 0.227 e. The van der Waals surface area contributed by atoms with Crippen LogP contribution in [0.3, 0.4) is 0 Å². The highest BCUT2D eigenvalue weighted by atomic mass is 16.5. The zero-order valence-corrected chi connectivity index (χ0v) is 15.2. The molecule has 0 radical (unpaired) electrons. The van der Waals surface area contributed by atoms with Gasteiger partial charge in [-0.05, 0) is 31.0 Å². The van der Waals surface area contributed by atoms with Gasteiger partial charge in [0.05, 0.1) is 19.2 Å². The molecule has 1 aliphatic heterocycles. The Morgan fingerprint density at radius 2 is 2.16 bits per heavy atom. The first kappa shape index (κ1) is 17.6. The normalized spacial score (nSPS) is 20.2. The molecule has 3 heterocycles. The number of ether oxygens (including phenoxy) is 1. The molecule has 1 fully saturated rings.